The van der Waals surface area contributed by atoms with Gasteiger partial charge in [-0.15, -0.1) is 0 Å². The molecular weight excluding hydrogens is 379 g/mol. The average Bonchev–Trinajstić information content (AvgIpc) is 2.91. The first-order valence-corrected chi connectivity index (χ1v) is 9.44. The molecule has 0 spiro atoms. The molecule has 7 heteroatoms. The van der Waals surface area contributed by atoms with Crippen LogP contribution in [0.1, 0.15) is 18.4 Å². The van der Waals surface area contributed by atoms with E-state index < -0.39 is 5.82 Å². The van der Waals surface area contributed by atoms with Gasteiger partial charge in [-0.2, -0.15) is 0 Å². The van der Waals surface area contributed by atoms with E-state index in [4.69, 9.17) is 16.6 Å². The first-order chi connectivity index (χ1) is 13.6. The summed E-state index contributed by atoms with van der Waals surface area (Å²) in [5.41, 5.74) is 2.66. The lowest BCUT2D eigenvalue weighted by molar-refractivity contribution is 0.256. The number of aromatic nitrogens is 2. The summed E-state index contributed by atoms with van der Waals surface area (Å²) in [7, 11) is 0. The molecule has 1 N–H and O–H groups in total. The van der Waals surface area contributed by atoms with Gasteiger partial charge < -0.3 is 0 Å². The van der Waals surface area contributed by atoms with E-state index in [1.54, 1.807) is 4.90 Å². The summed E-state index contributed by atoms with van der Waals surface area (Å²) < 4.78 is 13.1. The highest BCUT2D eigenvalue weighted by Gasteiger charge is 2.23. The molecule has 0 saturated heterocycles. The smallest absolute Gasteiger partial charge is 0.292 e. The Kier molecular flexibility index (Phi) is 5.21. The second-order valence-electron chi connectivity index (χ2n) is 6.59. The maximum absolute atomic E-state index is 13.1. The van der Waals surface area contributed by atoms with Gasteiger partial charge in [-0.3, -0.25) is 10.2 Å². The van der Waals surface area contributed by atoms with Crippen molar-refractivity contribution in [2.24, 2.45) is 0 Å². The summed E-state index contributed by atoms with van der Waals surface area (Å²) in [6, 6.07) is 13.8. The number of hydrogen-bond donors (Lipinski definition) is 1. The number of aryl methyl sites for hydroxylation is 1. The normalized spacial score (nSPS) is 13.6. The topological polar surface area (TPSA) is 58.1 Å². The lowest BCUT2D eigenvalue weighted by Crippen LogP contribution is -2.36. The van der Waals surface area contributed by atoms with Gasteiger partial charge in [0, 0.05) is 17.1 Å². The minimum atomic E-state index is -0.453. The number of benzene rings is 1. The fraction of sp³-hybridized carbons (Fsp3) is 0.190. The highest BCUT2D eigenvalue weighted by Crippen LogP contribution is 2.29. The largest absolute Gasteiger partial charge is 0.328 e. The second kappa shape index (κ2) is 7.94. The summed E-state index contributed by atoms with van der Waals surface area (Å²) in [4.78, 5) is 23.2. The van der Waals surface area contributed by atoms with Gasteiger partial charge in [-0.05, 0) is 55.2 Å². The van der Waals surface area contributed by atoms with Crippen LogP contribution in [0.3, 0.4) is 0 Å². The van der Waals surface area contributed by atoms with E-state index in [2.05, 4.69) is 10.3 Å². The fourth-order valence-electron chi connectivity index (χ4n) is 3.23. The average molecular weight is 397 g/mol. The van der Waals surface area contributed by atoms with E-state index in [1.165, 1.54) is 12.1 Å². The Morgan fingerprint density at radius 2 is 2.04 bits per heavy atom. The van der Waals surface area contributed by atoms with Gasteiger partial charge in [0.05, 0.1) is 11.9 Å². The Balaban J connectivity index is 1.67. The number of fused-ring (bicyclic) bond motifs is 1. The van der Waals surface area contributed by atoms with Crippen molar-refractivity contribution in [1.29, 1.82) is 0 Å². The molecule has 4 rings (SSSR count). The number of carbonyl (C=O) groups is 1. The zero-order valence-electron chi connectivity index (χ0n) is 15.0. The van der Waals surface area contributed by atoms with Crippen molar-refractivity contribution >= 4 is 29.3 Å². The van der Waals surface area contributed by atoms with Crippen molar-refractivity contribution in [1.82, 2.24) is 9.97 Å². The SMILES string of the molecule is O=C(Nc1ccc(F)cn1)N1CCCCc2ccc(-c3cccc(Cl)c3)nc21. The molecular formula is C21H18ClFN4O. The summed E-state index contributed by atoms with van der Waals surface area (Å²) in [5, 5.41) is 3.35. The van der Waals surface area contributed by atoms with Gasteiger partial charge in [0.15, 0.2) is 0 Å². The van der Waals surface area contributed by atoms with Crippen LogP contribution >= 0.6 is 11.6 Å². The number of halogens is 2. The second-order valence-corrected chi connectivity index (χ2v) is 7.03. The molecule has 0 bridgehead atoms. The monoisotopic (exact) mass is 396 g/mol. The molecule has 5 nitrogen and oxygen atoms in total. The molecule has 28 heavy (non-hydrogen) atoms. The number of anilines is 2. The van der Waals surface area contributed by atoms with Gasteiger partial charge in [-0.25, -0.2) is 19.2 Å². The summed E-state index contributed by atoms with van der Waals surface area (Å²) >= 11 is 6.11. The molecule has 0 radical (unpaired) electrons. The molecule has 3 heterocycles. The molecule has 0 aliphatic carbocycles. The van der Waals surface area contributed by atoms with Gasteiger partial charge in [-0.1, -0.05) is 29.8 Å². The standard InChI is InChI=1S/C21H18ClFN4O/c22-16-6-3-5-15(12-16)18-9-7-14-4-1-2-11-27(20(14)25-18)21(28)26-19-10-8-17(23)13-24-19/h3,5-10,12-13H,1-2,4,11H2,(H,24,26,28). The summed E-state index contributed by atoms with van der Waals surface area (Å²) in [6.07, 6.45) is 3.77. The third-order valence-electron chi connectivity index (χ3n) is 4.62. The van der Waals surface area contributed by atoms with Crippen molar-refractivity contribution in [3.63, 3.8) is 0 Å². The number of pyridine rings is 2. The van der Waals surface area contributed by atoms with Crippen molar-refractivity contribution < 1.29 is 9.18 Å². The number of nitrogens with zero attached hydrogens (tertiary/aromatic N) is 3. The quantitative estimate of drug-likeness (QED) is 0.638. The van der Waals surface area contributed by atoms with E-state index in [9.17, 15) is 9.18 Å². The first kappa shape index (κ1) is 18.4. The van der Waals surface area contributed by atoms with Crippen LogP contribution in [0.2, 0.25) is 5.02 Å². The van der Waals surface area contributed by atoms with E-state index >= 15 is 0 Å². The van der Waals surface area contributed by atoms with Crippen molar-refractivity contribution in [2.75, 3.05) is 16.8 Å². The van der Waals surface area contributed by atoms with Crippen molar-refractivity contribution in [3.8, 4) is 11.3 Å². The third kappa shape index (κ3) is 3.97. The molecule has 0 atom stereocenters. The Morgan fingerprint density at radius 1 is 1.14 bits per heavy atom. The van der Waals surface area contributed by atoms with Crippen LogP contribution in [0.5, 0.6) is 0 Å². The maximum atomic E-state index is 13.1. The Hall–Kier alpha value is -2.99. The molecule has 0 fully saturated rings. The van der Waals surface area contributed by atoms with Crippen LogP contribution in [0.4, 0.5) is 20.8 Å². The van der Waals surface area contributed by atoms with Crippen LogP contribution in [-0.2, 0) is 6.42 Å². The van der Waals surface area contributed by atoms with E-state index in [-0.39, 0.29) is 6.03 Å². The molecule has 1 aliphatic rings. The van der Waals surface area contributed by atoms with E-state index in [0.717, 1.165) is 42.3 Å². The Bertz CT molecular complexity index is 1010. The number of amides is 2. The van der Waals surface area contributed by atoms with Crippen LogP contribution in [0.15, 0.2) is 54.7 Å². The molecule has 1 aromatic carbocycles. The van der Waals surface area contributed by atoms with E-state index in [1.807, 2.05) is 36.4 Å². The molecule has 2 amide bonds. The van der Waals surface area contributed by atoms with Crippen molar-refractivity contribution in [2.45, 2.75) is 19.3 Å². The number of hydrogen-bond acceptors (Lipinski definition) is 3. The minimum Gasteiger partial charge on any atom is -0.292 e. The molecule has 142 valence electrons. The van der Waals surface area contributed by atoms with E-state index in [0.29, 0.717) is 23.2 Å². The number of urea groups is 1. The lowest BCUT2D eigenvalue weighted by atomic mass is 10.1. The van der Waals surface area contributed by atoms with Crippen LogP contribution in [0.25, 0.3) is 11.3 Å². The summed E-state index contributed by atoms with van der Waals surface area (Å²) in [5.74, 6) is 0.476. The minimum absolute atomic E-state index is 0.295. The van der Waals surface area contributed by atoms with Crippen LogP contribution < -0.4 is 10.2 Å². The van der Waals surface area contributed by atoms with Crippen LogP contribution in [0, 0.1) is 5.82 Å². The Labute approximate surface area is 167 Å². The molecule has 1 aliphatic heterocycles. The third-order valence-corrected chi connectivity index (χ3v) is 4.85. The van der Waals surface area contributed by atoms with Crippen LogP contribution in [-0.4, -0.2) is 22.5 Å². The maximum Gasteiger partial charge on any atom is 0.328 e. The predicted octanol–water partition coefficient (Wildman–Crippen LogP) is 5.31. The van der Waals surface area contributed by atoms with Gasteiger partial charge in [0.2, 0.25) is 0 Å². The zero-order chi connectivity index (χ0) is 19.5. The lowest BCUT2D eigenvalue weighted by Gasteiger charge is -2.22. The highest BCUT2D eigenvalue weighted by molar-refractivity contribution is 6.30. The number of nitrogens with one attached hydrogen (secondary N) is 1. The molecule has 0 saturated carbocycles. The molecule has 0 unspecified atom stereocenters. The van der Waals surface area contributed by atoms with Gasteiger partial charge in [0.25, 0.3) is 0 Å². The zero-order valence-corrected chi connectivity index (χ0v) is 15.8. The van der Waals surface area contributed by atoms with Gasteiger partial charge >= 0.3 is 6.03 Å². The number of rotatable bonds is 2. The first-order valence-electron chi connectivity index (χ1n) is 9.06. The molecule has 3 aromatic rings. The predicted molar refractivity (Wildman–Crippen MR) is 108 cm³/mol. The van der Waals surface area contributed by atoms with Gasteiger partial charge in [0.1, 0.15) is 17.5 Å². The van der Waals surface area contributed by atoms with Crippen molar-refractivity contribution in [3.05, 3.63) is 71.1 Å². The Morgan fingerprint density at radius 3 is 2.82 bits per heavy atom. The summed E-state index contributed by atoms with van der Waals surface area (Å²) in [6.45, 7) is 0.548. The number of carbonyl (C=O) groups excluding carboxylic acids is 1. The highest BCUT2D eigenvalue weighted by atomic mass is 35.5. The fourth-order valence-corrected chi connectivity index (χ4v) is 3.42. The molecule has 2 aromatic heterocycles.